The van der Waals surface area contributed by atoms with Crippen molar-refractivity contribution in [1.29, 1.82) is 0 Å². The maximum Gasteiger partial charge on any atom is 0.306 e. The molecule has 0 aliphatic heterocycles. The van der Waals surface area contributed by atoms with Gasteiger partial charge in [0.05, 0.1) is 18.5 Å². The van der Waals surface area contributed by atoms with Gasteiger partial charge in [-0.2, -0.15) is 0 Å². The molecule has 0 aromatic carbocycles. The lowest BCUT2D eigenvalue weighted by Gasteiger charge is -2.25. The fraction of sp³-hybridized carbons (Fsp3) is 0.800. The van der Waals surface area contributed by atoms with E-state index in [9.17, 15) is 23.8 Å². The second-order valence-corrected chi connectivity index (χ2v) is 7.33. The van der Waals surface area contributed by atoms with Crippen LogP contribution in [-0.4, -0.2) is 55.6 Å². The number of phosphoric acid groups is 1. The van der Waals surface area contributed by atoms with Crippen LogP contribution in [0.4, 0.5) is 0 Å². The summed E-state index contributed by atoms with van der Waals surface area (Å²) in [6, 6.07) is 0. The summed E-state index contributed by atoms with van der Waals surface area (Å²) in [4.78, 5) is 45.8. The van der Waals surface area contributed by atoms with Crippen molar-refractivity contribution in [2.24, 2.45) is 0 Å². The molecule has 0 radical (unpaired) electrons. The van der Waals surface area contributed by atoms with Gasteiger partial charge in [0.15, 0.2) is 6.10 Å². The van der Waals surface area contributed by atoms with E-state index in [0.29, 0.717) is 12.8 Å². The molecule has 0 saturated heterocycles. The van der Waals surface area contributed by atoms with Gasteiger partial charge < -0.3 is 28.7 Å². The number of carbonyl (C=O) groups excluding carboxylic acids is 3. The molecule has 158 valence electrons. The number of hydrogen-bond donors (Lipinski definition) is 1. The third-order valence-corrected chi connectivity index (χ3v) is 4.32. The highest BCUT2D eigenvalue weighted by Crippen LogP contribution is 2.38. The Labute approximate surface area is 167 Å². The number of rotatable bonds is 15. The summed E-state index contributed by atoms with van der Waals surface area (Å²) in [5.41, 5.74) is 0. The molecule has 1 amide bonds. The van der Waals surface area contributed by atoms with Gasteiger partial charge in [-0.1, -0.05) is 29.8 Å². The Morgan fingerprint density at radius 2 is 1.70 bits per heavy atom. The average Bonchev–Trinajstić information content (AvgIpc) is 2.61. The highest BCUT2D eigenvalue weighted by molar-refractivity contribution is 9.09. The van der Waals surface area contributed by atoms with E-state index in [1.54, 1.807) is 13.8 Å². The van der Waals surface area contributed by atoms with Crippen LogP contribution in [0, 0.1) is 0 Å². The quantitative estimate of drug-likeness (QED) is 0.159. The van der Waals surface area contributed by atoms with E-state index in [4.69, 9.17) is 9.47 Å². The minimum absolute atomic E-state index is 0.0242. The summed E-state index contributed by atoms with van der Waals surface area (Å²) in [5.74, 6) is -1.37. The van der Waals surface area contributed by atoms with Crippen LogP contribution in [0.25, 0.3) is 0 Å². The monoisotopic (exact) mass is 474 g/mol. The van der Waals surface area contributed by atoms with Crippen molar-refractivity contribution < 1.29 is 42.4 Å². The lowest BCUT2D eigenvalue weighted by atomic mass is 10.3. The van der Waals surface area contributed by atoms with E-state index < -0.39 is 32.5 Å². The second-order valence-electron chi connectivity index (χ2n) is 5.35. The molecular formula is C15H26BrNO9P-. The molecule has 2 unspecified atom stereocenters. The number of phosphoric ester groups is 1. The molecular weight excluding hydrogens is 449 g/mol. The van der Waals surface area contributed by atoms with E-state index in [1.807, 2.05) is 0 Å². The fourth-order valence-electron chi connectivity index (χ4n) is 1.63. The summed E-state index contributed by atoms with van der Waals surface area (Å²) in [7, 11) is -4.68. The highest BCUT2D eigenvalue weighted by Gasteiger charge is 2.20. The lowest BCUT2D eigenvalue weighted by molar-refractivity contribution is -0.228. The zero-order chi connectivity index (χ0) is 20.7. The van der Waals surface area contributed by atoms with Crippen LogP contribution < -0.4 is 10.2 Å². The van der Waals surface area contributed by atoms with Gasteiger partial charge in [0.2, 0.25) is 5.91 Å². The minimum Gasteiger partial charge on any atom is -0.756 e. The molecule has 0 saturated carbocycles. The van der Waals surface area contributed by atoms with Gasteiger partial charge in [-0.15, -0.1) is 0 Å². The van der Waals surface area contributed by atoms with Gasteiger partial charge >= 0.3 is 11.9 Å². The minimum atomic E-state index is -4.68. The smallest absolute Gasteiger partial charge is 0.306 e. The summed E-state index contributed by atoms with van der Waals surface area (Å²) in [6.07, 6.45) is 0.387. The molecule has 0 aliphatic carbocycles. The van der Waals surface area contributed by atoms with Gasteiger partial charge in [-0.05, 0) is 12.8 Å². The van der Waals surface area contributed by atoms with Gasteiger partial charge in [0.1, 0.15) is 6.61 Å². The van der Waals surface area contributed by atoms with Gasteiger partial charge in [0, 0.05) is 19.4 Å². The predicted molar refractivity (Wildman–Crippen MR) is 97.0 cm³/mol. The van der Waals surface area contributed by atoms with Crippen LogP contribution in [0.15, 0.2) is 0 Å². The molecule has 0 spiro atoms. The van der Waals surface area contributed by atoms with Crippen LogP contribution in [0.5, 0.6) is 0 Å². The number of esters is 2. The van der Waals surface area contributed by atoms with Gasteiger partial charge in [-0.25, -0.2) is 0 Å². The van der Waals surface area contributed by atoms with E-state index in [-0.39, 0.29) is 43.8 Å². The summed E-state index contributed by atoms with van der Waals surface area (Å²) >= 11 is 2.94. The number of nitrogens with one attached hydrogen (secondary N) is 1. The lowest BCUT2D eigenvalue weighted by Crippen LogP contribution is -2.31. The predicted octanol–water partition coefficient (Wildman–Crippen LogP) is 1.05. The molecule has 2 atom stereocenters. The summed E-state index contributed by atoms with van der Waals surface area (Å²) in [6.45, 7) is 2.37. The van der Waals surface area contributed by atoms with Crippen molar-refractivity contribution in [3.63, 3.8) is 0 Å². The Bertz CT molecular complexity index is 518. The van der Waals surface area contributed by atoms with Crippen molar-refractivity contribution in [2.75, 3.05) is 31.7 Å². The van der Waals surface area contributed by atoms with Crippen LogP contribution >= 0.6 is 23.8 Å². The molecule has 12 heteroatoms. The maximum atomic E-state index is 11.7. The number of ether oxygens (including phenoxy) is 2. The molecule has 0 rings (SSSR count). The van der Waals surface area contributed by atoms with Gasteiger partial charge in [0.25, 0.3) is 7.82 Å². The molecule has 27 heavy (non-hydrogen) atoms. The Morgan fingerprint density at radius 3 is 2.30 bits per heavy atom. The first-order valence-corrected chi connectivity index (χ1v) is 11.1. The van der Waals surface area contributed by atoms with Crippen molar-refractivity contribution in [1.82, 2.24) is 5.32 Å². The second kappa shape index (κ2) is 15.0. The first-order valence-electron chi connectivity index (χ1n) is 8.51. The number of amides is 1. The van der Waals surface area contributed by atoms with E-state index >= 15 is 0 Å². The molecule has 10 nitrogen and oxygen atoms in total. The van der Waals surface area contributed by atoms with Crippen LogP contribution in [0.1, 0.15) is 39.5 Å². The Balaban J connectivity index is 4.47. The summed E-state index contributed by atoms with van der Waals surface area (Å²) < 4.78 is 31.0. The molecule has 0 fully saturated rings. The zero-order valence-corrected chi connectivity index (χ0v) is 17.9. The largest absolute Gasteiger partial charge is 0.756 e. The average molecular weight is 475 g/mol. The highest BCUT2D eigenvalue weighted by atomic mass is 79.9. The molecule has 0 heterocycles. The Hall–Kier alpha value is -1.00. The first kappa shape index (κ1) is 26.0. The number of alkyl halides is 1. The van der Waals surface area contributed by atoms with E-state index in [2.05, 4.69) is 30.3 Å². The molecule has 0 aromatic rings. The van der Waals surface area contributed by atoms with Crippen LogP contribution in [0.3, 0.4) is 0 Å². The normalized spacial score (nSPS) is 14.1. The Kier molecular flexibility index (Phi) is 14.4. The fourth-order valence-corrected chi connectivity index (χ4v) is 2.57. The first-order chi connectivity index (χ1) is 12.7. The van der Waals surface area contributed by atoms with E-state index in [1.165, 1.54) is 0 Å². The molecule has 0 aliphatic rings. The summed E-state index contributed by atoms with van der Waals surface area (Å²) in [5, 5.41) is 2.48. The number of carbonyl (C=O) groups is 3. The standard InChI is InChI=1S/C15H27BrNO9P/c1-3-5-14(19)23-10-12(26-15(20)6-4-2)11-25-27(21,22)24-8-7-17-13(18)9-16/h12H,3-11H2,1-2H3,(H,17,18)(H,21,22)/p-1. The van der Waals surface area contributed by atoms with Crippen molar-refractivity contribution in [3.05, 3.63) is 0 Å². The molecule has 0 bridgehead atoms. The van der Waals surface area contributed by atoms with Crippen molar-refractivity contribution >= 4 is 41.6 Å². The van der Waals surface area contributed by atoms with Crippen molar-refractivity contribution in [3.8, 4) is 0 Å². The van der Waals surface area contributed by atoms with E-state index in [0.717, 1.165) is 0 Å². The zero-order valence-electron chi connectivity index (χ0n) is 15.4. The maximum absolute atomic E-state index is 11.7. The van der Waals surface area contributed by atoms with Gasteiger partial charge in [-0.3, -0.25) is 18.9 Å². The molecule has 0 aromatic heterocycles. The third-order valence-electron chi connectivity index (χ3n) is 2.85. The van der Waals surface area contributed by atoms with Crippen LogP contribution in [0.2, 0.25) is 0 Å². The number of hydrogen-bond acceptors (Lipinski definition) is 9. The van der Waals surface area contributed by atoms with Crippen LogP contribution in [-0.2, 0) is 37.5 Å². The third kappa shape index (κ3) is 14.7. The topological polar surface area (TPSA) is 140 Å². The Morgan fingerprint density at radius 1 is 1.07 bits per heavy atom. The number of halogens is 1. The van der Waals surface area contributed by atoms with Crippen molar-refractivity contribution in [2.45, 2.75) is 45.6 Å². The molecule has 1 N–H and O–H groups in total. The SMILES string of the molecule is CCCC(=O)OCC(COP(=O)([O-])OCCNC(=O)CBr)OC(=O)CCC.